The van der Waals surface area contributed by atoms with Crippen LogP contribution in [0.25, 0.3) is 0 Å². The summed E-state index contributed by atoms with van der Waals surface area (Å²) < 4.78 is 0. The predicted molar refractivity (Wildman–Crippen MR) is 76.4 cm³/mol. The molecule has 4 N–H and O–H groups in total. The van der Waals surface area contributed by atoms with Crippen LogP contribution in [-0.4, -0.2) is 44.2 Å². The van der Waals surface area contributed by atoms with Gasteiger partial charge in [-0.25, -0.2) is 4.79 Å². The number of carbonyl (C=O) groups excluding carboxylic acids is 1. The van der Waals surface area contributed by atoms with Crippen LogP contribution in [0.5, 0.6) is 0 Å². The minimum atomic E-state index is 0.0770. The molecule has 0 spiro atoms. The smallest absolute Gasteiger partial charge is 0.317 e. The van der Waals surface area contributed by atoms with Crippen molar-refractivity contribution in [1.29, 1.82) is 0 Å². The zero-order valence-electron chi connectivity index (χ0n) is 11.7. The summed E-state index contributed by atoms with van der Waals surface area (Å²) in [5.74, 6) is 0. The van der Waals surface area contributed by atoms with E-state index in [0.717, 1.165) is 32.4 Å². The molecule has 1 heterocycles. The van der Waals surface area contributed by atoms with Crippen LogP contribution in [0.3, 0.4) is 0 Å². The quantitative estimate of drug-likeness (QED) is 0.663. The SMILES string of the molecule is C/C=C/NC.NCCCNC(=O)N1CCCCC1. The summed E-state index contributed by atoms with van der Waals surface area (Å²) in [4.78, 5) is 13.3. The lowest BCUT2D eigenvalue weighted by atomic mass is 10.1. The Balaban J connectivity index is 0.000000494. The molecule has 0 unspecified atom stereocenters. The lowest BCUT2D eigenvalue weighted by Crippen LogP contribution is -2.43. The first-order valence-corrected chi connectivity index (χ1v) is 6.77. The Hall–Kier alpha value is -1.23. The van der Waals surface area contributed by atoms with E-state index < -0.39 is 0 Å². The summed E-state index contributed by atoms with van der Waals surface area (Å²) in [6.07, 6.45) is 8.22. The van der Waals surface area contributed by atoms with Gasteiger partial charge < -0.3 is 21.3 Å². The molecule has 0 aliphatic carbocycles. The van der Waals surface area contributed by atoms with Gasteiger partial charge in [0.1, 0.15) is 0 Å². The van der Waals surface area contributed by atoms with Gasteiger partial charge in [0.15, 0.2) is 0 Å². The molecule has 0 aromatic rings. The number of allylic oxidation sites excluding steroid dienone is 1. The molecule has 0 radical (unpaired) electrons. The first-order valence-electron chi connectivity index (χ1n) is 6.77. The molecule has 1 aliphatic rings. The monoisotopic (exact) mass is 256 g/mol. The normalized spacial score (nSPS) is 14.9. The number of hydrogen-bond donors (Lipinski definition) is 3. The molecule has 5 nitrogen and oxygen atoms in total. The molecular formula is C13H28N4O. The summed E-state index contributed by atoms with van der Waals surface area (Å²) in [6.45, 7) is 5.13. The molecule has 2 amide bonds. The molecule has 0 atom stereocenters. The van der Waals surface area contributed by atoms with E-state index in [-0.39, 0.29) is 6.03 Å². The Morgan fingerprint density at radius 1 is 1.33 bits per heavy atom. The van der Waals surface area contributed by atoms with Crippen molar-refractivity contribution in [1.82, 2.24) is 15.5 Å². The number of hydrogen-bond acceptors (Lipinski definition) is 3. The number of rotatable bonds is 4. The van der Waals surface area contributed by atoms with Gasteiger partial charge in [0.05, 0.1) is 0 Å². The van der Waals surface area contributed by atoms with Crippen LogP contribution in [0.1, 0.15) is 32.6 Å². The van der Waals surface area contributed by atoms with Crippen molar-refractivity contribution in [3.8, 4) is 0 Å². The molecule has 1 saturated heterocycles. The fourth-order valence-corrected chi connectivity index (χ4v) is 1.67. The molecule has 18 heavy (non-hydrogen) atoms. The molecule has 5 heteroatoms. The lowest BCUT2D eigenvalue weighted by Gasteiger charge is -2.26. The third-order valence-corrected chi connectivity index (χ3v) is 2.63. The molecule has 0 aromatic heterocycles. The minimum Gasteiger partial charge on any atom is -0.394 e. The Morgan fingerprint density at radius 2 is 2.00 bits per heavy atom. The molecule has 106 valence electrons. The topological polar surface area (TPSA) is 70.4 Å². The Bertz CT molecular complexity index is 225. The Labute approximate surface area is 111 Å². The average molecular weight is 256 g/mol. The summed E-state index contributed by atoms with van der Waals surface area (Å²) >= 11 is 0. The van der Waals surface area contributed by atoms with Crippen molar-refractivity contribution in [3.05, 3.63) is 12.3 Å². The van der Waals surface area contributed by atoms with E-state index in [0.29, 0.717) is 13.1 Å². The number of carbonyl (C=O) groups is 1. The number of nitrogens with two attached hydrogens (primary N) is 1. The van der Waals surface area contributed by atoms with Gasteiger partial charge in [-0.1, -0.05) is 6.08 Å². The summed E-state index contributed by atoms with van der Waals surface area (Å²) in [6, 6.07) is 0.0770. The van der Waals surface area contributed by atoms with E-state index in [2.05, 4.69) is 10.6 Å². The molecule has 1 aliphatic heterocycles. The van der Waals surface area contributed by atoms with E-state index in [4.69, 9.17) is 5.73 Å². The van der Waals surface area contributed by atoms with Crippen molar-refractivity contribution >= 4 is 6.03 Å². The van der Waals surface area contributed by atoms with Crippen LogP contribution in [0.2, 0.25) is 0 Å². The average Bonchev–Trinajstić information content (AvgIpc) is 2.41. The second-order valence-electron chi connectivity index (χ2n) is 4.21. The van der Waals surface area contributed by atoms with Gasteiger partial charge in [0.25, 0.3) is 0 Å². The van der Waals surface area contributed by atoms with Gasteiger partial charge >= 0.3 is 6.03 Å². The largest absolute Gasteiger partial charge is 0.394 e. The van der Waals surface area contributed by atoms with Crippen LogP contribution >= 0.6 is 0 Å². The van der Waals surface area contributed by atoms with Gasteiger partial charge in [-0.2, -0.15) is 0 Å². The van der Waals surface area contributed by atoms with Gasteiger partial charge in [0, 0.05) is 26.7 Å². The molecular weight excluding hydrogens is 228 g/mol. The first kappa shape index (κ1) is 16.8. The number of nitrogens with one attached hydrogen (secondary N) is 2. The predicted octanol–water partition coefficient (Wildman–Crippen LogP) is 1.27. The van der Waals surface area contributed by atoms with Gasteiger partial charge in [-0.15, -0.1) is 0 Å². The van der Waals surface area contributed by atoms with E-state index in [1.165, 1.54) is 6.42 Å². The molecule has 0 aromatic carbocycles. The molecule has 1 rings (SSSR count). The molecule has 0 bridgehead atoms. The zero-order valence-corrected chi connectivity index (χ0v) is 11.7. The second kappa shape index (κ2) is 12.2. The van der Waals surface area contributed by atoms with Gasteiger partial charge in [-0.05, 0) is 45.4 Å². The fourth-order valence-electron chi connectivity index (χ4n) is 1.67. The standard InChI is InChI=1S/C9H19N3O.C4H9N/c10-5-4-6-11-9(13)12-7-2-1-3-8-12;1-3-4-5-2/h1-8,10H2,(H,11,13);3-5H,1-2H3/b;4-3+. The van der Waals surface area contributed by atoms with Crippen LogP contribution in [-0.2, 0) is 0 Å². The highest BCUT2D eigenvalue weighted by Crippen LogP contribution is 2.07. The fraction of sp³-hybridized carbons (Fsp3) is 0.769. The molecule has 1 fully saturated rings. The van der Waals surface area contributed by atoms with Crippen LogP contribution in [0.15, 0.2) is 12.3 Å². The number of piperidine rings is 1. The Kier molecular flexibility index (Phi) is 11.4. The first-order chi connectivity index (χ1) is 8.76. The minimum absolute atomic E-state index is 0.0770. The lowest BCUT2D eigenvalue weighted by molar-refractivity contribution is 0.186. The Morgan fingerprint density at radius 3 is 2.44 bits per heavy atom. The number of urea groups is 1. The summed E-state index contributed by atoms with van der Waals surface area (Å²) in [5.41, 5.74) is 5.33. The number of amides is 2. The van der Waals surface area contributed by atoms with Crippen molar-refractivity contribution in [2.24, 2.45) is 5.73 Å². The van der Waals surface area contributed by atoms with E-state index >= 15 is 0 Å². The van der Waals surface area contributed by atoms with Gasteiger partial charge in [-0.3, -0.25) is 0 Å². The highest BCUT2D eigenvalue weighted by atomic mass is 16.2. The summed E-state index contributed by atoms with van der Waals surface area (Å²) in [5, 5.41) is 5.70. The second-order valence-corrected chi connectivity index (χ2v) is 4.21. The van der Waals surface area contributed by atoms with E-state index in [1.807, 2.05) is 31.1 Å². The van der Waals surface area contributed by atoms with Crippen molar-refractivity contribution in [2.75, 3.05) is 33.2 Å². The maximum absolute atomic E-state index is 11.4. The highest BCUT2D eigenvalue weighted by Gasteiger charge is 2.14. The summed E-state index contributed by atoms with van der Waals surface area (Å²) in [7, 11) is 1.88. The van der Waals surface area contributed by atoms with Crippen molar-refractivity contribution in [3.63, 3.8) is 0 Å². The zero-order chi connectivity index (χ0) is 13.6. The van der Waals surface area contributed by atoms with Crippen molar-refractivity contribution in [2.45, 2.75) is 32.6 Å². The van der Waals surface area contributed by atoms with Crippen LogP contribution in [0.4, 0.5) is 4.79 Å². The van der Waals surface area contributed by atoms with E-state index in [1.54, 1.807) is 0 Å². The highest BCUT2D eigenvalue weighted by molar-refractivity contribution is 5.74. The third-order valence-electron chi connectivity index (χ3n) is 2.63. The van der Waals surface area contributed by atoms with E-state index in [9.17, 15) is 4.79 Å². The maximum Gasteiger partial charge on any atom is 0.317 e. The third kappa shape index (κ3) is 8.87. The molecule has 0 saturated carbocycles. The van der Waals surface area contributed by atoms with Gasteiger partial charge in [0.2, 0.25) is 0 Å². The number of likely N-dealkylation sites (tertiary alicyclic amines) is 1. The maximum atomic E-state index is 11.4. The van der Waals surface area contributed by atoms with Crippen LogP contribution in [0, 0.1) is 0 Å². The van der Waals surface area contributed by atoms with Crippen LogP contribution < -0.4 is 16.4 Å². The number of nitrogens with zero attached hydrogens (tertiary/aromatic N) is 1. The van der Waals surface area contributed by atoms with Crippen molar-refractivity contribution < 1.29 is 4.79 Å².